The molecule has 3 aromatic carbocycles. The highest BCUT2D eigenvalue weighted by atomic mass is 16.5. The Bertz CT molecular complexity index is 1170. The summed E-state index contributed by atoms with van der Waals surface area (Å²) in [7, 11) is 0. The Labute approximate surface area is 158 Å². The van der Waals surface area contributed by atoms with Gasteiger partial charge in [0.2, 0.25) is 0 Å². The van der Waals surface area contributed by atoms with Gasteiger partial charge in [0.15, 0.2) is 0 Å². The van der Waals surface area contributed by atoms with E-state index in [1.807, 2.05) is 6.20 Å². The van der Waals surface area contributed by atoms with Crippen molar-refractivity contribution in [3.8, 4) is 16.9 Å². The van der Waals surface area contributed by atoms with Crippen molar-refractivity contribution in [3.63, 3.8) is 0 Å². The fourth-order valence-electron chi connectivity index (χ4n) is 4.38. The van der Waals surface area contributed by atoms with Crippen molar-refractivity contribution in [1.29, 1.82) is 0 Å². The van der Waals surface area contributed by atoms with E-state index in [4.69, 9.17) is 9.72 Å². The Morgan fingerprint density at radius 1 is 1.11 bits per heavy atom. The molecule has 5 rings (SSSR count). The summed E-state index contributed by atoms with van der Waals surface area (Å²) in [5, 5.41) is 13.2. The highest BCUT2D eigenvalue weighted by molar-refractivity contribution is 6.08. The van der Waals surface area contributed by atoms with Gasteiger partial charge in [-0.3, -0.25) is 4.98 Å². The largest absolute Gasteiger partial charge is 0.493 e. The van der Waals surface area contributed by atoms with E-state index in [0.29, 0.717) is 13.0 Å². The number of pyridine rings is 1. The van der Waals surface area contributed by atoms with Gasteiger partial charge < -0.3 is 9.84 Å². The van der Waals surface area contributed by atoms with E-state index in [2.05, 4.69) is 55.5 Å². The first-order valence-corrected chi connectivity index (χ1v) is 9.44. The molecule has 0 saturated heterocycles. The number of aliphatic hydroxyl groups excluding tert-OH is 1. The predicted octanol–water partition coefficient (Wildman–Crippen LogP) is 4.83. The van der Waals surface area contributed by atoms with E-state index in [0.717, 1.165) is 28.6 Å². The second-order valence-corrected chi connectivity index (χ2v) is 7.15. The van der Waals surface area contributed by atoms with E-state index in [1.165, 1.54) is 33.0 Å². The molecule has 3 heteroatoms. The number of aryl methyl sites for hydroxylation is 1. The van der Waals surface area contributed by atoms with Crippen LogP contribution < -0.4 is 4.74 Å². The molecule has 0 aliphatic carbocycles. The molecule has 0 amide bonds. The van der Waals surface area contributed by atoms with Gasteiger partial charge in [0.25, 0.3) is 0 Å². The summed E-state index contributed by atoms with van der Waals surface area (Å²) >= 11 is 0. The average molecular weight is 355 g/mol. The van der Waals surface area contributed by atoms with Crippen LogP contribution in [-0.2, 0) is 12.8 Å². The number of rotatable bonds is 3. The third kappa shape index (κ3) is 2.50. The lowest BCUT2D eigenvalue weighted by Gasteiger charge is -2.22. The van der Waals surface area contributed by atoms with E-state index in [9.17, 15) is 5.11 Å². The third-order valence-electron chi connectivity index (χ3n) is 5.58. The molecule has 4 aromatic rings. The first kappa shape index (κ1) is 16.3. The lowest BCUT2D eigenvalue weighted by Crippen LogP contribution is -2.09. The summed E-state index contributed by atoms with van der Waals surface area (Å²) in [6.07, 6.45) is 3.44. The molecule has 0 spiro atoms. The zero-order valence-electron chi connectivity index (χ0n) is 15.3. The fourth-order valence-corrected chi connectivity index (χ4v) is 4.38. The van der Waals surface area contributed by atoms with Gasteiger partial charge in [0, 0.05) is 30.2 Å². The van der Waals surface area contributed by atoms with Crippen molar-refractivity contribution in [3.05, 3.63) is 71.4 Å². The van der Waals surface area contributed by atoms with E-state index < -0.39 is 0 Å². The van der Waals surface area contributed by atoms with Gasteiger partial charge in [-0.05, 0) is 64.6 Å². The number of nitrogens with zero attached hydrogens (tertiary/aromatic N) is 1. The molecule has 1 aliphatic rings. The lowest BCUT2D eigenvalue weighted by molar-refractivity contribution is 0.299. The Balaban J connectivity index is 1.92. The monoisotopic (exact) mass is 355 g/mol. The normalized spacial score (nSPS) is 13.1. The van der Waals surface area contributed by atoms with Crippen molar-refractivity contribution in [2.75, 3.05) is 13.2 Å². The van der Waals surface area contributed by atoms with Crippen LogP contribution in [0.4, 0.5) is 0 Å². The van der Waals surface area contributed by atoms with Crippen molar-refractivity contribution < 1.29 is 9.84 Å². The summed E-state index contributed by atoms with van der Waals surface area (Å²) in [5.41, 5.74) is 6.97. The van der Waals surface area contributed by atoms with Crippen molar-refractivity contribution in [2.24, 2.45) is 0 Å². The minimum absolute atomic E-state index is 0.129. The van der Waals surface area contributed by atoms with Gasteiger partial charge in [-0.2, -0.15) is 0 Å². The smallest absolute Gasteiger partial charge is 0.129 e. The molecule has 0 saturated carbocycles. The third-order valence-corrected chi connectivity index (χ3v) is 5.58. The number of hydrogen-bond acceptors (Lipinski definition) is 3. The van der Waals surface area contributed by atoms with Gasteiger partial charge >= 0.3 is 0 Å². The van der Waals surface area contributed by atoms with Crippen LogP contribution in [0.1, 0.15) is 16.7 Å². The van der Waals surface area contributed by atoms with E-state index in [-0.39, 0.29) is 6.61 Å². The van der Waals surface area contributed by atoms with Gasteiger partial charge in [0.1, 0.15) is 5.75 Å². The molecule has 0 unspecified atom stereocenters. The lowest BCUT2D eigenvalue weighted by atomic mass is 9.87. The first-order valence-electron chi connectivity index (χ1n) is 9.44. The second kappa shape index (κ2) is 6.36. The maximum Gasteiger partial charge on any atom is 0.129 e. The van der Waals surface area contributed by atoms with Gasteiger partial charge in [-0.1, -0.05) is 30.3 Å². The van der Waals surface area contributed by atoms with Crippen LogP contribution in [0, 0.1) is 6.92 Å². The van der Waals surface area contributed by atoms with Gasteiger partial charge in [0.05, 0.1) is 12.1 Å². The summed E-state index contributed by atoms with van der Waals surface area (Å²) in [6.45, 7) is 2.97. The van der Waals surface area contributed by atoms with Crippen LogP contribution in [0.2, 0.25) is 0 Å². The minimum atomic E-state index is 0.129. The summed E-state index contributed by atoms with van der Waals surface area (Å²) in [6, 6.07) is 17.0. The van der Waals surface area contributed by atoms with Crippen LogP contribution in [0.3, 0.4) is 0 Å². The number of aliphatic hydroxyl groups is 1. The first-order chi connectivity index (χ1) is 13.3. The molecule has 27 heavy (non-hydrogen) atoms. The summed E-state index contributed by atoms with van der Waals surface area (Å²) < 4.78 is 5.90. The van der Waals surface area contributed by atoms with Gasteiger partial charge in [-0.25, -0.2) is 0 Å². The maximum absolute atomic E-state index is 9.70. The second-order valence-electron chi connectivity index (χ2n) is 7.15. The number of ether oxygens (including phenoxy) is 1. The number of aromatic nitrogens is 1. The Morgan fingerprint density at radius 3 is 2.89 bits per heavy atom. The van der Waals surface area contributed by atoms with Crippen molar-refractivity contribution >= 4 is 21.7 Å². The van der Waals surface area contributed by atoms with Crippen molar-refractivity contribution in [1.82, 2.24) is 4.98 Å². The molecule has 1 N–H and O–H groups in total. The Hall–Kier alpha value is -2.91. The summed E-state index contributed by atoms with van der Waals surface area (Å²) in [4.78, 5) is 4.76. The zero-order valence-corrected chi connectivity index (χ0v) is 15.3. The zero-order chi connectivity index (χ0) is 18.4. The molecule has 3 nitrogen and oxygen atoms in total. The van der Waals surface area contributed by atoms with Crippen LogP contribution in [0.5, 0.6) is 5.75 Å². The molecule has 1 aliphatic heterocycles. The minimum Gasteiger partial charge on any atom is -0.493 e. The molecule has 1 aromatic heterocycles. The number of benzene rings is 3. The average Bonchev–Trinajstić information content (AvgIpc) is 2.70. The number of fused-ring (bicyclic) bond motifs is 1. The molecule has 134 valence electrons. The molecule has 0 fully saturated rings. The van der Waals surface area contributed by atoms with Crippen LogP contribution in [-0.4, -0.2) is 23.3 Å². The maximum atomic E-state index is 9.70. The highest BCUT2D eigenvalue weighted by Gasteiger charge is 2.20. The predicted molar refractivity (Wildman–Crippen MR) is 109 cm³/mol. The van der Waals surface area contributed by atoms with Crippen LogP contribution in [0.25, 0.3) is 32.8 Å². The quantitative estimate of drug-likeness (QED) is 0.572. The van der Waals surface area contributed by atoms with Gasteiger partial charge in [-0.15, -0.1) is 0 Å². The van der Waals surface area contributed by atoms with Crippen LogP contribution in [0.15, 0.2) is 54.7 Å². The standard InChI is InChI=1S/C24H21NO2/c1-15-14-17-4-2-3-5-19(17)23(18(15)9-12-26)20-6-7-21-22-16(10-13-27-21)8-11-25-24(20)22/h2-8,11,14,26H,9-10,12-13H2,1H3. The fraction of sp³-hybridized carbons (Fsp3) is 0.208. The molecule has 0 atom stereocenters. The Kier molecular flexibility index (Phi) is 3.83. The van der Waals surface area contributed by atoms with E-state index >= 15 is 0 Å². The molecule has 0 radical (unpaired) electrons. The Morgan fingerprint density at radius 2 is 2.00 bits per heavy atom. The topological polar surface area (TPSA) is 42.4 Å². The van der Waals surface area contributed by atoms with E-state index in [1.54, 1.807) is 0 Å². The van der Waals surface area contributed by atoms with Crippen LogP contribution >= 0.6 is 0 Å². The number of hydrogen-bond donors (Lipinski definition) is 1. The molecular formula is C24H21NO2. The molecular weight excluding hydrogens is 334 g/mol. The summed E-state index contributed by atoms with van der Waals surface area (Å²) in [5.74, 6) is 0.920. The molecule has 2 heterocycles. The SMILES string of the molecule is Cc1cc2ccccc2c(-c2ccc3c4c(ccnc24)CCO3)c1CCO. The molecule has 0 bridgehead atoms. The van der Waals surface area contributed by atoms with Crippen molar-refractivity contribution in [2.45, 2.75) is 19.8 Å². The highest BCUT2D eigenvalue weighted by Crippen LogP contribution is 2.42.